The van der Waals surface area contributed by atoms with Gasteiger partial charge in [-0.25, -0.2) is 14.6 Å². The monoisotopic (exact) mass is 515 g/mol. The molecule has 5 nitrogen and oxygen atoms in total. The summed E-state index contributed by atoms with van der Waals surface area (Å²) < 4.78 is 80.4. The second-order valence-corrected chi connectivity index (χ2v) is 7.61. The molecule has 2 N–H and O–H groups in total. The number of fused-ring (bicyclic) bond motifs is 1. The standard InChI is InChI=1S/C21H9Cl2F6N5/c22-12-8-11(7-6-10-4-2-1-3-5-10)9-13(23)15(12)34-17(30)14-16(20(24,25)26)31-19(21(27,28)29)32-18(14)33-34/h1-5,8-9H,30H2. The van der Waals surface area contributed by atoms with Gasteiger partial charge in [-0.3, -0.25) is 0 Å². The summed E-state index contributed by atoms with van der Waals surface area (Å²) in [5.74, 6) is 3.02. The van der Waals surface area contributed by atoms with Gasteiger partial charge in [0.25, 0.3) is 0 Å². The van der Waals surface area contributed by atoms with E-state index in [0.29, 0.717) is 15.8 Å². The van der Waals surface area contributed by atoms with E-state index in [1.165, 1.54) is 12.1 Å². The number of alkyl halides is 6. The first-order chi connectivity index (χ1) is 15.9. The van der Waals surface area contributed by atoms with Crippen molar-refractivity contribution in [2.24, 2.45) is 0 Å². The van der Waals surface area contributed by atoms with Crippen molar-refractivity contribution in [1.29, 1.82) is 0 Å². The van der Waals surface area contributed by atoms with Gasteiger partial charge in [0.2, 0.25) is 5.82 Å². The fourth-order valence-electron chi connectivity index (χ4n) is 3.02. The lowest BCUT2D eigenvalue weighted by Crippen LogP contribution is -2.17. The molecule has 0 saturated heterocycles. The highest BCUT2D eigenvalue weighted by Crippen LogP contribution is 2.40. The minimum atomic E-state index is -5.27. The van der Waals surface area contributed by atoms with Crippen molar-refractivity contribution in [2.45, 2.75) is 12.4 Å². The molecule has 0 spiro atoms. The van der Waals surface area contributed by atoms with Crippen LogP contribution in [0.3, 0.4) is 0 Å². The maximum atomic E-state index is 13.5. The second-order valence-electron chi connectivity index (χ2n) is 6.79. The van der Waals surface area contributed by atoms with E-state index in [-0.39, 0.29) is 15.7 Å². The number of anilines is 1. The quantitative estimate of drug-likeness (QED) is 0.244. The lowest BCUT2D eigenvalue weighted by molar-refractivity contribution is -0.151. The zero-order valence-electron chi connectivity index (χ0n) is 16.4. The number of hydrogen-bond donors (Lipinski definition) is 1. The molecular weight excluding hydrogens is 507 g/mol. The smallest absolute Gasteiger partial charge is 0.383 e. The molecule has 34 heavy (non-hydrogen) atoms. The Morgan fingerprint density at radius 1 is 0.824 bits per heavy atom. The fraction of sp³-hybridized carbons (Fsp3) is 0.0952. The van der Waals surface area contributed by atoms with Crippen molar-refractivity contribution >= 4 is 40.1 Å². The van der Waals surface area contributed by atoms with Crippen molar-refractivity contribution in [2.75, 3.05) is 5.73 Å². The van der Waals surface area contributed by atoms with E-state index >= 15 is 0 Å². The largest absolute Gasteiger partial charge is 0.451 e. The van der Waals surface area contributed by atoms with Crippen molar-refractivity contribution in [3.05, 3.63) is 75.2 Å². The molecule has 2 aromatic carbocycles. The summed E-state index contributed by atoms with van der Waals surface area (Å²) in [5.41, 5.74) is 3.94. The van der Waals surface area contributed by atoms with Crippen molar-refractivity contribution in [1.82, 2.24) is 19.7 Å². The third-order valence-electron chi connectivity index (χ3n) is 4.44. The van der Waals surface area contributed by atoms with E-state index in [9.17, 15) is 26.3 Å². The first-order valence-corrected chi connectivity index (χ1v) is 9.89. The van der Waals surface area contributed by atoms with Crippen LogP contribution in [0.4, 0.5) is 32.2 Å². The third-order valence-corrected chi connectivity index (χ3v) is 5.02. The van der Waals surface area contributed by atoms with Gasteiger partial charge in [0, 0.05) is 11.1 Å². The van der Waals surface area contributed by atoms with Crippen LogP contribution in [0.1, 0.15) is 22.6 Å². The molecule has 0 amide bonds. The Hall–Kier alpha value is -3.49. The Morgan fingerprint density at radius 3 is 1.97 bits per heavy atom. The van der Waals surface area contributed by atoms with E-state index in [1.807, 2.05) is 6.07 Å². The van der Waals surface area contributed by atoms with Gasteiger partial charge in [0.05, 0.1) is 15.4 Å². The van der Waals surface area contributed by atoms with Crippen LogP contribution in [-0.4, -0.2) is 19.7 Å². The van der Waals surface area contributed by atoms with Crippen LogP contribution in [0, 0.1) is 11.8 Å². The van der Waals surface area contributed by atoms with E-state index in [1.54, 1.807) is 24.3 Å². The van der Waals surface area contributed by atoms with Crippen molar-refractivity contribution in [3.8, 4) is 17.5 Å². The van der Waals surface area contributed by atoms with Crippen LogP contribution in [-0.2, 0) is 12.4 Å². The predicted molar refractivity (Wildman–Crippen MR) is 114 cm³/mol. The van der Waals surface area contributed by atoms with E-state index < -0.39 is 40.7 Å². The van der Waals surface area contributed by atoms with Crippen molar-refractivity contribution < 1.29 is 26.3 Å². The zero-order valence-corrected chi connectivity index (χ0v) is 17.9. The molecule has 0 atom stereocenters. The van der Waals surface area contributed by atoms with Crippen molar-refractivity contribution in [3.63, 3.8) is 0 Å². The molecule has 0 bridgehead atoms. The molecule has 2 aromatic heterocycles. The zero-order chi connectivity index (χ0) is 24.8. The summed E-state index contributed by atoms with van der Waals surface area (Å²) in [4.78, 5) is 5.76. The Morgan fingerprint density at radius 2 is 1.41 bits per heavy atom. The molecule has 0 aliphatic heterocycles. The highest BCUT2D eigenvalue weighted by molar-refractivity contribution is 6.38. The maximum Gasteiger partial charge on any atom is 0.451 e. The average molecular weight is 516 g/mol. The number of nitrogens with zero attached hydrogens (tertiary/aromatic N) is 4. The normalized spacial score (nSPS) is 12.0. The van der Waals surface area contributed by atoms with Gasteiger partial charge in [-0.2, -0.15) is 26.3 Å². The van der Waals surface area contributed by atoms with E-state index in [0.717, 1.165) is 0 Å². The molecule has 13 heteroatoms. The summed E-state index contributed by atoms with van der Waals surface area (Å²) in [5, 5.41) is 2.58. The maximum absolute atomic E-state index is 13.5. The second kappa shape index (κ2) is 8.38. The van der Waals surface area contributed by atoms with Crippen LogP contribution >= 0.6 is 23.2 Å². The number of halogens is 8. The minimum absolute atomic E-state index is 0.109. The van der Waals surface area contributed by atoms with E-state index in [4.69, 9.17) is 28.9 Å². The lowest BCUT2D eigenvalue weighted by atomic mass is 10.1. The SMILES string of the molecule is Nc1c2c(C(F)(F)F)nc(C(F)(F)F)nc2nn1-c1c(Cl)cc(C#Cc2ccccc2)cc1Cl. The fourth-order valence-corrected chi connectivity index (χ4v) is 3.67. The highest BCUT2D eigenvalue weighted by atomic mass is 35.5. The minimum Gasteiger partial charge on any atom is -0.383 e. The third kappa shape index (κ3) is 4.47. The van der Waals surface area contributed by atoms with Crippen LogP contribution in [0.5, 0.6) is 0 Å². The summed E-state index contributed by atoms with van der Waals surface area (Å²) >= 11 is 12.6. The lowest BCUT2D eigenvalue weighted by Gasteiger charge is -2.11. The number of aromatic nitrogens is 4. The molecule has 0 saturated carbocycles. The summed E-state index contributed by atoms with van der Waals surface area (Å²) in [7, 11) is 0. The Bertz CT molecular complexity index is 1440. The summed E-state index contributed by atoms with van der Waals surface area (Å²) in [6, 6.07) is 11.7. The molecule has 4 aromatic rings. The Kier molecular flexibility index (Phi) is 5.83. The van der Waals surface area contributed by atoms with Gasteiger partial charge in [-0.15, -0.1) is 5.10 Å². The Balaban J connectivity index is 1.89. The number of hydrogen-bond acceptors (Lipinski definition) is 4. The predicted octanol–water partition coefficient (Wildman–Crippen LogP) is 6.14. The number of rotatable bonds is 1. The molecule has 4 rings (SSSR count). The molecule has 0 fully saturated rings. The van der Waals surface area contributed by atoms with Crippen LogP contribution in [0.15, 0.2) is 42.5 Å². The summed E-state index contributed by atoms with van der Waals surface area (Å²) in [6.07, 6.45) is -10.5. The van der Waals surface area contributed by atoms with E-state index in [2.05, 4.69) is 26.9 Å². The van der Waals surface area contributed by atoms with Gasteiger partial charge in [0.1, 0.15) is 11.5 Å². The van der Waals surface area contributed by atoms with Gasteiger partial charge in [-0.1, -0.05) is 53.2 Å². The molecule has 2 heterocycles. The molecule has 0 radical (unpaired) electrons. The number of benzene rings is 2. The molecular formula is C21H9Cl2F6N5. The first kappa shape index (κ1) is 23.7. The average Bonchev–Trinajstić information content (AvgIpc) is 3.07. The summed E-state index contributed by atoms with van der Waals surface area (Å²) in [6.45, 7) is 0. The van der Waals surface area contributed by atoms with Crippen LogP contribution in [0.25, 0.3) is 16.7 Å². The molecule has 0 unspecified atom stereocenters. The van der Waals surface area contributed by atoms with Gasteiger partial charge in [-0.05, 0) is 24.3 Å². The molecule has 174 valence electrons. The Labute approximate surface area is 197 Å². The molecule has 0 aliphatic carbocycles. The van der Waals surface area contributed by atoms with Gasteiger partial charge >= 0.3 is 12.4 Å². The highest BCUT2D eigenvalue weighted by Gasteiger charge is 2.43. The van der Waals surface area contributed by atoms with Gasteiger partial charge in [0.15, 0.2) is 11.3 Å². The van der Waals surface area contributed by atoms with Crippen LogP contribution in [0.2, 0.25) is 10.0 Å². The topological polar surface area (TPSA) is 69.6 Å². The molecule has 0 aliphatic rings. The first-order valence-electron chi connectivity index (χ1n) is 9.13. The number of nitrogen functional groups attached to an aromatic ring is 1. The van der Waals surface area contributed by atoms with Gasteiger partial charge < -0.3 is 5.73 Å². The number of nitrogens with two attached hydrogens (primary N) is 1. The van der Waals surface area contributed by atoms with Crippen LogP contribution < -0.4 is 5.73 Å².